The fourth-order valence-electron chi connectivity index (χ4n) is 4.67. The number of aromatic nitrogens is 1. The highest BCUT2D eigenvalue weighted by Crippen LogP contribution is 2.47. The second kappa shape index (κ2) is 7.87. The average Bonchev–Trinajstić information content (AvgIpc) is 2.95. The second-order valence-corrected chi connectivity index (χ2v) is 9.16. The summed E-state index contributed by atoms with van der Waals surface area (Å²) in [5.74, 6) is -0.173. The number of pyridine rings is 1. The fraction of sp³-hybridized carbons (Fsp3) is 0.714. The van der Waals surface area contributed by atoms with Crippen molar-refractivity contribution in [2.45, 2.75) is 78.7 Å². The minimum Gasteiger partial charge on any atom is -0.463 e. The number of ether oxygens (including phenoxy) is 1. The number of aryl methyl sites for hydroxylation is 2. The Balaban J connectivity index is 1.91. The Labute approximate surface area is 165 Å². The number of halogens is 1. The maximum Gasteiger partial charge on any atom is 0.310 e. The van der Waals surface area contributed by atoms with Crippen molar-refractivity contribution in [3.63, 3.8) is 0 Å². The summed E-state index contributed by atoms with van der Waals surface area (Å²) in [6, 6.07) is 0. The molecule has 5 heteroatoms. The highest BCUT2D eigenvalue weighted by molar-refractivity contribution is 9.10. The standard InChI is InChI=1S/C21H31BrN2O2/c1-14(2)26-18(25)12-17-15(3)23-16(4)19(22)20(17)24-11-10-21(13-24)8-6-5-7-9-21/h14H,5-13H2,1-4H3. The van der Waals surface area contributed by atoms with E-state index >= 15 is 0 Å². The smallest absolute Gasteiger partial charge is 0.310 e. The van der Waals surface area contributed by atoms with Crippen LogP contribution in [0.1, 0.15) is 69.3 Å². The molecule has 2 heterocycles. The zero-order valence-corrected chi connectivity index (χ0v) is 18.1. The molecule has 0 amide bonds. The SMILES string of the molecule is Cc1nc(C)c(CC(=O)OC(C)C)c(N2CCC3(CCCCC3)C2)c1Br. The molecular weight excluding hydrogens is 392 g/mol. The molecular formula is C21H31BrN2O2. The number of carbonyl (C=O) groups is 1. The summed E-state index contributed by atoms with van der Waals surface area (Å²) >= 11 is 3.77. The van der Waals surface area contributed by atoms with Gasteiger partial charge in [0.2, 0.25) is 0 Å². The molecule has 4 nitrogen and oxygen atoms in total. The number of nitrogens with zero attached hydrogens (tertiary/aromatic N) is 2. The van der Waals surface area contributed by atoms with Gasteiger partial charge in [0.1, 0.15) is 0 Å². The van der Waals surface area contributed by atoms with Gasteiger partial charge in [-0.05, 0) is 68.3 Å². The Kier molecular flexibility index (Phi) is 5.95. The summed E-state index contributed by atoms with van der Waals surface area (Å²) < 4.78 is 6.44. The maximum absolute atomic E-state index is 12.3. The average molecular weight is 423 g/mol. The van der Waals surface area contributed by atoms with E-state index < -0.39 is 0 Å². The van der Waals surface area contributed by atoms with E-state index in [1.807, 2.05) is 27.7 Å². The van der Waals surface area contributed by atoms with Gasteiger partial charge in [0.05, 0.1) is 28.4 Å². The first-order chi connectivity index (χ1) is 12.3. The fourth-order valence-corrected chi connectivity index (χ4v) is 5.25. The Morgan fingerprint density at radius 1 is 1.19 bits per heavy atom. The van der Waals surface area contributed by atoms with Crippen LogP contribution in [0.15, 0.2) is 4.47 Å². The second-order valence-electron chi connectivity index (χ2n) is 8.37. The topological polar surface area (TPSA) is 42.4 Å². The molecule has 1 aliphatic carbocycles. The van der Waals surface area contributed by atoms with Gasteiger partial charge in [-0.3, -0.25) is 9.78 Å². The molecule has 0 aromatic carbocycles. The van der Waals surface area contributed by atoms with Gasteiger partial charge in [0, 0.05) is 24.3 Å². The van der Waals surface area contributed by atoms with Crippen molar-refractivity contribution >= 4 is 27.6 Å². The molecule has 0 atom stereocenters. The van der Waals surface area contributed by atoms with Crippen LogP contribution in [-0.2, 0) is 16.0 Å². The van der Waals surface area contributed by atoms with Gasteiger partial charge in [-0.1, -0.05) is 19.3 Å². The molecule has 0 N–H and O–H groups in total. The van der Waals surface area contributed by atoms with Gasteiger partial charge in [-0.15, -0.1) is 0 Å². The van der Waals surface area contributed by atoms with E-state index in [1.165, 1.54) is 38.5 Å². The lowest BCUT2D eigenvalue weighted by molar-refractivity contribution is -0.146. The number of rotatable bonds is 4. The van der Waals surface area contributed by atoms with E-state index in [2.05, 4.69) is 25.8 Å². The maximum atomic E-state index is 12.3. The van der Waals surface area contributed by atoms with Crippen molar-refractivity contribution in [3.05, 3.63) is 21.4 Å². The van der Waals surface area contributed by atoms with Crippen LogP contribution in [0.5, 0.6) is 0 Å². The molecule has 0 radical (unpaired) electrons. The molecule has 1 spiro atoms. The quantitative estimate of drug-likeness (QED) is 0.631. The predicted octanol–water partition coefficient (Wildman–Crippen LogP) is 5.12. The Hall–Kier alpha value is -1.10. The molecule has 1 aromatic rings. The van der Waals surface area contributed by atoms with Crippen molar-refractivity contribution in [1.29, 1.82) is 0 Å². The number of anilines is 1. The van der Waals surface area contributed by atoms with Gasteiger partial charge in [-0.2, -0.15) is 0 Å². The number of hydrogen-bond acceptors (Lipinski definition) is 4. The van der Waals surface area contributed by atoms with Gasteiger partial charge in [-0.25, -0.2) is 0 Å². The molecule has 3 rings (SSSR count). The van der Waals surface area contributed by atoms with Crippen molar-refractivity contribution in [2.75, 3.05) is 18.0 Å². The Morgan fingerprint density at radius 3 is 2.54 bits per heavy atom. The highest BCUT2D eigenvalue weighted by Gasteiger charge is 2.40. The van der Waals surface area contributed by atoms with E-state index in [-0.39, 0.29) is 18.5 Å². The van der Waals surface area contributed by atoms with Gasteiger partial charge >= 0.3 is 5.97 Å². The molecule has 1 saturated heterocycles. The van der Waals surface area contributed by atoms with Crippen LogP contribution >= 0.6 is 15.9 Å². The summed E-state index contributed by atoms with van der Waals surface area (Å²) in [6.45, 7) is 9.98. The number of esters is 1. The third-order valence-corrected chi connectivity index (χ3v) is 6.89. The number of carbonyl (C=O) groups excluding carboxylic acids is 1. The Bertz CT molecular complexity index is 681. The normalized spacial score (nSPS) is 19.4. The third-order valence-electron chi connectivity index (χ3n) is 5.94. The molecule has 2 aliphatic rings. The van der Waals surface area contributed by atoms with Crippen LogP contribution in [0.4, 0.5) is 5.69 Å². The third kappa shape index (κ3) is 4.08. The first-order valence-corrected chi connectivity index (χ1v) is 10.7. The van der Waals surface area contributed by atoms with Crippen LogP contribution in [-0.4, -0.2) is 30.1 Å². The van der Waals surface area contributed by atoms with Crippen LogP contribution < -0.4 is 4.90 Å². The largest absolute Gasteiger partial charge is 0.463 e. The molecule has 0 bridgehead atoms. The summed E-state index contributed by atoms with van der Waals surface area (Å²) in [6.07, 6.45) is 8.23. The lowest BCUT2D eigenvalue weighted by atomic mass is 9.73. The van der Waals surface area contributed by atoms with Crippen molar-refractivity contribution in [2.24, 2.45) is 5.41 Å². The van der Waals surface area contributed by atoms with E-state index in [9.17, 15) is 4.79 Å². The van der Waals surface area contributed by atoms with Crippen LogP contribution in [0.25, 0.3) is 0 Å². The van der Waals surface area contributed by atoms with Gasteiger partial charge in [0.15, 0.2) is 0 Å². The molecule has 1 aliphatic heterocycles. The zero-order valence-electron chi connectivity index (χ0n) is 16.5. The van der Waals surface area contributed by atoms with E-state index in [0.29, 0.717) is 5.41 Å². The van der Waals surface area contributed by atoms with Gasteiger partial charge < -0.3 is 9.64 Å². The van der Waals surface area contributed by atoms with E-state index in [0.717, 1.165) is 40.2 Å². The molecule has 26 heavy (non-hydrogen) atoms. The number of hydrogen-bond donors (Lipinski definition) is 0. The van der Waals surface area contributed by atoms with Crippen molar-refractivity contribution in [3.8, 4) is 0 Å². The minimum atomic E-state index is -0.173. The van der Waals surface area contributed by atoms with Crippen molar-refractivity contribution in [1.82, 2.24) is 4.98 Å². The summed E-state index contributed by atoms with van der Waals surface area (Å²) in [4.78, 5) is 19.5. The van der Waals surface area contributed by atoms with Crippen molar-refractivity contribution < 1.29 is 9.53 Å². The van der Waals surface area contributed by atoms with Crippen LogP contribution in [0.2, 0.25) is 0 Å². The molecule has 1 saturated carbocycles. The van der Waals surface area contributed by atoms with E-state index in [4.69, 9.17) is 4.74 Å². The first-order valence-electron chi connectivity index (χ1n) is 9.91. The molecule has 2 fully saturated rings. The molecule has 144 valence electrons. The lowest BCUT2D eigenvalue weighted by Gasteiger charge is -2.34. The van der Waals surface area contributed by atoms with Crippen LogP contribution in [0, 0.1) is 19.3 Å². The zero-order chi connectivity index (χ0) is 18.9. The summed E-state index contributed by atoms with van der Waals surface area (Å²) in [7, 11) is 0. The molecule has 0 unspecified atom stereocenters. The highest BCUT2D eigenvalue weighted by atomic mass is 79.9. The predicted molar refractivity (Wildman–Crippen MR) is 109 cm³/mol. The lowest BCUT2D eigenvalue weighted by Crippen LogP contribution is -2.30. The monoisotopic (exact) mass is 422 g/mol. The molecule has 1 aromatic heterocycles. The van der Waals surface area contributed by atoms with Gasteiger partial charge in [0.25, 0.3) is 0 Å². The van der Waals surface area contributed by atoms with Crippen LogP contribution in [0.3, 0.4) is 0 Å². The Morgan fingerprint density at radius 2 is 1.88 bits per heavy atom. The first kappa shape index (κ1) is 19.7. The summed E-state index contributed by atoms with van der Waals surface area (Å²) in [5.41, 5.74) is 4.58. The summed E-state index contributed by atoms with van der Waals surface area (Å²) in [5, 5.41) is 0. The van der Waals surface area contributed by atoms with E-state index in [1.54, 1.807) is 0 Å². The minimum absolute atomic E-state index is 0.0922.